The van der Waals surface area contributed by atoms with E-state index in [-0.39, 0.29) is 5.76 Å². The topological polar surface area (TPSA) is 56.2 Å². The first-order valence-corrected chi connectivity index (χ1v) is 4.96. The molecule has 0 spiro atoms. The predicted octanol–water partition coefficient (Wildman–Crippen LogP) is 2.68. The highest BCUT2D eigenvalue weighted by Crippen LogP contribution is 2.25. The molecule has 1 aromatic heterocycles. The van der Waals surface area contributed by atoms with Crippen LogP contribution >= 0.6 is 0 Å². The minimum Gasteiger partial charge on any atom is -0.451 e. The standard InChI is InChI=1S/C13H9NO2/c14-13(15)12-7-10-5-8-3-1-2-4-9(8)6-11(10)16-12/h1-7H,(H2,14,15). The third kappa shape index (κ3) is 1.26. The fourth-order valence-corrected chi connectivity index (χ4v) is 1.85. The van der Waals surface area contributed by atoms with E-state index in [0.717, 1.165) is 16.2 Å². The van der Waals surface area contributed by atoms with Gasteiger partial charge in [0, 0.05) is 5.39 Å². The lowest BCUT2D eigenvalue weighted by molar-refractivity contribution is 0.0976. The van der Waals surface area contributed by atoms with E-state index in [1.54, 1.807) is 6.07 Å². The van der Waals surface area contributed by atoms with Gasteiger partial charge in [0.1, 0.15) is 5.58 Å². The average Bonchev–Trinajstić information content (AvgIpc) is 2.68. The van der Waals surface area contributed by atoms with Crippen molar-refractivity contribution in [3.05, 3.63) is 48.2 Å². The quantitative estimate of drug-likeness (QED) is 0.672. The van der Waals surface area contributed by atoms with Crippen LogP contribution in [0.1, 0.15) is 10.6 Å². The zero-order valence-corrected chi connectivity index (χ0v) is 8.44. The summed E-state index contributed by atoms with van der Waals surface area (Å²) in [5.41, 5.74) is 5.86. The fourth-order valence-electron chi connectivity index (χ4n) is 1.85. The summed E-state index contributed by atoms with van der Waals surface area (Å²) < 4.78 is 5.36. The van der Waals surface area contributed by atoms with Crippen molar-refractivity contribution in [1.29, 1.82) is 0 Å². The summed E-state index contributed by atoms with van der Waals surface area (Å²) in [4.78, 5) is 11.0. The average molecular weight is 211 g/mol. The molecule has 3 heteroatoms. The summed E-state index contributed by atoms with van der Waals surface area (Å²) >= 11 is 0. The van der Waals surface area contributed by atoms with Crippen molar-refractivity contribution in [1.82, 2.24) is 0 Å². The number of hydrogen-bond donors (Lipinski definition) is 1. The van der Waals surface area contributed by atoms with Crippen LogP contribution in [-0.4, -0.2) is 5.91 Å². The van der Waals surface area contributed by atoms with E-state index in [2.05, 4.69) is 0 Å². The lowest BCUT2D eigenvalue weighted by atomic mass is 10.1. The summed E-state index contributed by atoms with van der Waals surface area (Å²) in [5, 5.41) is 3.10. The van der Waals surface area contributed by atoms with Gasteiger partial charge in [-0.2, -0.15) is 0 Å². The molecule has 1 heterocycles. The maximum absolute atomic E-state index is 11.0. The predicted molar refractivity (Wildman–Crippen MR) is 62.2 cm³/mol. The number of amides is 1. The van der Waals surface area contributed by atoms with E-state index >= 15 is 0 Å². The number of nitrogens with two attached hydrogens (primary N) is 1. The monoisotopic (exact) mass is 211 g/mol. The summed E-state index contributed by atoms with van der Waals surface area (Å²) in [6.07, 6.45) is 0. The first kappa shape index (κ1) is 8.97. The molecule has 0 aliphatic rings. The normalized spacial score (nSPS) is 11.0. The minimum absolute atomic E-state index is 0.199. The van der Waals surface area contributed by atoms with Gasteiger partial charge in [-0.05, 0) is 29.0 Å². The Morgan fingerprint density at radius 3 is 2.38 bits per heavy atom. The highest BCUT2D eigenvalue weighted by atomic mass is 16.3. The van der Waals surface area contributed by atoms with Crippen LogP contribution in [-0.2, 0) is 0 Å². The Hall–Kier alpha value is -2.29. The molecule has 0 aliphatic heterocycles. The molecular weight excluding hydrogens is 202 g/mol. The third-order valence-electron chi connectivity index (χ3n) is 2.63. The minimum atomic E-state index is -0.541. The third-order valence-corrected chi connectivity index (χ3v) is 2.63. The van der Waals surface area contributed by atoms with Gasteiger partial charge in [0.15, 0.2) is 5.76 Å². The zero-order valence-electron chi connectivity index (χ0n) is 8.44. The lowest BCUT2D eigenvalue weighted by Gasteiger charge is -1.95. The van der Waals surface area contributed by atoms with Crippen LogP contribution < -0.4 is 5.73 Å². The molecule has 0 saturated carbocycles. The highest BCUT2D eigenvalue weighted by molar-refractivity contribution is 6.00. The molecule has 3 rings (SSSR count). The van der Waals surface area contributed by atoms with Crippen molar-refractivity contribution in [2.24, 2.45) is 5.73 Å². The number of benzene rings is 2. The molecular formula is C13H9NO2. The van der Waals surface area contributed by atoms with Crippen LogP contribution in [0.2, 0.25) is 0 Å². The molecule has 16 heavy (non-hydrogen) atoms. The van der Waals surface area contributed by atoms with Gasteiger partial charge in [-0.1, -0.05) is 24.3 Å². The zero-order chi connectivity index (χ0) is 11.1. The molecule has 2 aromatic carbocycles. The summed E-state index contributed by atoms with van der Waals surface area (Å²) in [7, 11) is 0. The van der Waals surface area contributed by atoms with Gasteiger partial charge in [0.2, 0.25) is 0 Å². The van der Waals surface area contributed by atoms with E-state index in [0.29, 0.717) is 5.58 Å². The maximum Gasteiger partial charge on any atom is 0.284 e. The Labute approximate surface area is 91.5 Å². The number of primary amides is 1. The van der Waals surface area contributed by atoms with Crippen LogP contribution in [0.4, 0.5) is 0 Å². The number of hydrogen-bond acceptors (Lipinski definition) is 2. The second kappa shape index (κ2) is 3.10. The molecule has 0 saturated heterocycles. The molecule has 3 aromatic rings. The molecule has 1 amide bonds. The molecule has 3 nitrogen and oxygen atoms in total. The van der Waals surface area contributed by atoms with Gasteiger partial charge in [0.05, 0.1) is 0 Å². The van der Waals surface area contributed by atoms with Crippen molar-refractivity contribution in [2.75, 3.05) is 0 Å². The largest absolute Gasteiger partial charge is 0.451 e. The van der Waals surface area contributed by atoms with Crippen molar-refractivity contribution in [3.8, 4) is 0 Å². The van der Waals surface area contributed by atoms with Gasteiger partial charge in [0.25, 0.3) is 5.91 Å². The van der Waals surface area contributed by atoms with Crippen LogP contribution in [0.3, 0.4) is 0 Å². The fraction of sp³-hybridized carbons (Fsp3) is 0. The van der Waals surface area contributed by atoms with E-state index in [4.69, 9.17) is 10.2 Å². The number of carbonyl (C=O) groups excluding carboxylic acids is 1. The molecule has 0 aliphatic carbocycles. The van der Waals surface area contributed by atoms with Gasteiger partial charge in [-0.15, -0.1) is 0 Å². The van der Waals surface area contributed by atoms with E-state index in [1.807, 2.05) is 36.4 Å². The van der Waals surface area contributed by atoms with Crippen LogP contribution in [0.5, 0.6) is 0 Å². The Balaban J connectivity index is 2.38. The highest BCUT2D eigenvalue weighted by Gasteiger charge is 2.08. The SMILES string of the molecule is NC(=O)c1cc2cc3ccccc3cc2o1. The molecule has 0 atom stereocenters. The number of carbonyl (C=O) groups is 1. The Bertz CT molecular complexity index is 645. The number of rotatable bonds is 1. The number of fused-ring (bicyclic) bond motifs is 2. The summed E-state index contributed by atoms with van der Waals surface area (Å²) in [6.45, 7) is 0. The molecule has 2 N–H and O–H groups in total. The molecule has 0 unspecified atom stereocenters. The van der Waals surface area contributed by atoms with Gasteiger partial charge >= 0.3 is 0 Å². The Morgan fingerprint density at radius 2 is 1.69 bits per heavy atom. The van der Waals surface area contributed by atoms with Crippen molar-refractivity contribution in [3.63, 3.8) is 0 Å². The van der Waals surface area contributed by atoms with Crippen molar-refractivity contribution >= 4 is 27.6 Å². The summed E-state index contributed by atoms with van der Waals surface area (Å²) in [5.74, 6) is -0.342. The van der Waals surface area contributed by atoms with Crippen molar-refractivity contribution < 1.29 is 9.21 Å². The molecule has 0 bridgehead atoms. The van der Waals surface area contributed by atoms with Crippen LogP contribution in [0, 0.1) is 0 Å². The molecule has 0 fully saturated rings. The van der Waals surface area contributed by atoms with E-state index < -0.39 is 5.91 Å². The maximum atomic E-state index is 11.0. The first-order valence-electron chi connectivity index (χ1n) is 4.96. The van der Waals surface area contributed by atoms with Crippen LogP contribution in [0.15, 0.2) is 46.9 Å². The van der Waals surface area contributed by atoms with Gasteiger partial charge in [-0.3, -0.25) is 4.79 Å². The lowest BCUT2D eigenvalue weighted by Crippen LogP contribution is -2.08. The van der Waals surface area contributed by atoms with E-state index in [9.17, 15) is 4.79 Å². The Kier molecular flexibility index (Phi) is 1.74. The second-order valence-corrected chi connectivity index (χ2v) is 3.71. The van der Waals surface area contributed by atoms with Crippen LogP contribution in [0.25, 0.3) is 21.7 Å². The molecule has 78 valence electrons. The van der Waals surface area contributed by atoms with Gasteiger partial charge < -0.3 is 10.2 Å². The second-order valence-electron chi connectivity index (χ2n) is 3.71. The molecule has 0 radical (unpaired) electrons. The smallest absolute Gasteiger partial charge is 0.284 e. The van der Waals surface area contributed by atoms with Crippen molar-refractivity contribution in [2.45, 2.75) is 0 Å². The van der Waals surface area contributed by atoms with E-state index in [1.165, 1.54) is 0 Å². The van der Waals surface area contributed by atoms with Gasteiger partial charge in [-0.25, -0.2) is 0 Å². The number of furan rings is 1. The summed E-state index contributed by atoms with van der Waals surface area (Å²) in [6, 6.07) is 13.5. The Morgan fingerprint density at radius 1 is 1.00 bits per heavy atom. The first-order chi connectivity index (χ1) is 7.74.